The van der Waals surface area contributed by atoms with Crippen LogP contribution in [0.3, 0.4) is 0 Å². The third-order valence-corrected chi connectivity index (χ3v) is 6.29. The second-order valence-corrected chi connectivity index (χ2v) is 9.38. The Hall–Kier alpha value is -1.37. The van der Waals surface area contributed by atoms with Gasteiger partial charge in [0, 0.05) is 12.8 Å². The van der Waals surface area contributed by atoms with E-state index in [2.05, 4.69) is 32.7 Å². The molecule has 160 valence electrons. The summed E-state index contributed by atoms with van der Waals surface area (Å²) in [4.78, 5) is 28.0. The molecule has 0 saturated heterocycles. The smallest absolute Gasteiger partial charge is 0.312 e. The fraction of sp³-hybridized carbons (Fsp3) is 0.762. The molecule has 28 heavy (non-hydrogen) atoms. The molecular weight excluding hydrogens is 379 g/mol. The van der Waals surface area contributed by atoms with Gasteiger partial charge in [-0.15, -0.1) is 0 Å². The topological polar surface area (TPSA) is 61.2 Å². The molecule has 0 fully saturated rings. The number of esters is 1. The molecule has 0 aromatic carbocycles. The molecule has 0 aliphatic rings. The van der Waals surface area contributed by atoms with Crippen LogP contribution in [0.5, 0.6) is 0 Å². The van der Waals surface area contributed by atoms with Gasteiger partial charge in [0.1, 0.15) is 0 Å². The second-order valence-electron chi connectivity index (χ2n) is 8.32. The average Bonchev–Trinajstić information content (AvgIpc) is 2.62. The zero-order valence-electron chi connectivity index (χ0n) is 18.1. The van der Waals surface area contributed by atoms with Crippen LogP contribution in [0.4, 0.5) is 4.39 Å². The molecule has 7 heteroatoms. The van der Waals surface area contributed by atoms with E-state index in [1.807, 2.05) is 6.92 Å². The summed E-state index contributed by atoms with van der Waals surface area (Å²) in [6.07, 6.45) is 5.60. The fourth-order valence-corrected chi connectivity index (χ4v) is 4.02. The molecule has 1 unspecified atom stereocenters. The summed E-state index contributed by atoms with van der Waals surface area (Å²) in [7, 11) is 1.53. The van der Waals surface area contributed by atoms with Crippen molar-refractivity contribution in [2.24, 2.45) is 24.3 Å². The predicted molar refractivity (Wildman–Crippen MR) is 112 cm³/mol. The molecule has 0 amide bonds. The van der Waals surface area contributed by atoms with Crippen molar-refractivity contribution in [1.82, 2.24) is 9.55 Å². The highest BCUT2D eigenvalue weighted by molar-refractivity contribution is 7.99. The Morgan fingerprint density at radius 1 is 1.25 bits per heavy atom. The van der Waals surface area contributed by atoms with Crippen LogP contribution >= 0.6 is 11.8 Å². The van der Waals surface area contributed by atoms with E-state index in [-0.39, 0.29) is 11.9 Å². The quantitative estimate of drug-likeness (QED) is 0.212. The number of rotatable bonds is 12. The van der Waals surface area contributed by atoms with Crippen LogP contribution in [0.25, 0.3) is 0 Å². The van der Waals surface area contributed by atoms with Crippen molar-refractivity contribution in [2.45, 2.75) is 71.9 Å². The van der Waals surface area contributed by atoms with Gasteiger partial charge in [-0.3, -0.25) is 14.2 Å². The van der Waals surface area contributed by atoms with E-state index >= 15 is 0 Å². The van der Waals surface area contributed by atoms with Gasteiger partial charge >= 0.3 is 5.97 Å². The van der Waals surface area contributed by atoms with Crippen LogP contribution in [0.15, 0.2) is 16.1 Å². The summed E-state index contributed by atoms with van der Waals surface area (Å²) in [5, 5.41) is 0.526. The van der Waals surface area contributed by atoms with Crippen LogP contribution in [-0.2, 0) is 16.6 Å². The van der Waals surface area contributed by atoms with Gasteiger partial charge in [0.15, 0.2) is 5.16 Å². The van der Waals surface area contributed by atoms with Crippen molar-refractivity contribution in [1.29, 1.82) is 0 Å². The van der Waals surface area contributed by atoms with E-state index in [9.17, 15) is 14.0 Å². The molecule has 0 spiro atoms. The maximum Gasteiger partial charge on any atom is 0.312 e. The summed E-state index contributed by atoms with van der Waals surface area (Å²) < 4.78 is 19.9. The Morgan fingerprint density at radius 2 is 1.89 bits per heavy atom. The van der Waals surface area contributed by atoms with Gasteiger partial charge in [-0.2, -0.15) is 4.39 Å². The molecule has 1 atom stereocenters. The molecule has 0 saturated carbocycles. The number of carbonyl (C=O) groups is 1. The number of hydrogen-bond acceptors (Lipinski definition) is 5. The first-order valence-electron chi connectivity index (χ1n) is 10.1. The number of aromatic nitrogens is 2. The minimum absolute atomic E-state index is 0.0879. The highest BCUT2D eigenvalue weighted by atomic mass is 32.2. The maximum absolute atomic E-state index is 13.1. The summed E-state index contributed by atoms with van der Waals surface area (Å²) >= 11 is 1.45. The number of hydrogen-bond donors (Lipinski definition) is 0. The van der Waals surface area contributed by atoms with Crippen molar-refractivity contribution >= 4 is 17.7 Å². The number of nitrogens with zero attached hydrogens (tertiary/aromatic N) is 2. The molecule has 0 aliphatic carbocycles. The highest BCUT2D eigenvalue weighted by Crippen LogP contribution is 2.35. The lowest BCUT2D eigenvalue weighted by Crippen LogP contribution is -2.36. The minimum atomic E-state index is -0.830. The molecule has 0 bridgehead atoms. The van der Waals surface area contributed by atoms with Crippen molar-refractivity contribution < 1.29 is 13.9 Å². The van der Waals surface area contributed by atoms with Gasteiger partial charge in [0.25, 0.3) is 5.56 Å². The van der Waals surface area contributed by atoms with Gasteiger partial charge in [-0.1, -0.05) is 52.3 Å². The number of unbranched alkanes of at least 4 members (excludes halogenated alkanes) is 3. The van der Waals surface area contributed by atoms with Crippen LogP contribution in [0, 0.1) is 23.1 Å². The van der Waals surface area contributed by atoms with Crippen molar-refractivity contribution in [3.05, 3.63) is 22.4 Å². The molecule has 0 radical (unpaired) electrons. The van der Waals surface area contributed by atoms with E-state index in [1.54, 1.807) is 0 Å². The first-order chi connectivity index (χ1) is 13.1. The number of ether oxygens (including phenoxy) is 1. The lowest BCUT2D eigenvalue weighted by atomic mass is 9.73. The van der Waals surface area contributed by atoms with Gasteiger partial charge in [-0.25, -0.2) is 4.98 Å². The monoisotopic (exact) mass is 414 g/mol. The normalized spacial score (nSPS) is 13.8. The van der Waals surface area contributed by atoms with E-state index in [4.69, 9.17) is 4.74 Å². The highest BCUT2D eigenvalue weighted by Gasteiger charge is 2.38. The SMILES string of the molecule is CC(C)CC(C)(C(=O)OCCCCCCSc1ncc(F)c(=O)n1C)C(C)C. The minimum Gasteiger partial charge on any atom is -0.465 e. The largest absolute Gasteiger partial charge is 0.465 e. The second kappa shape index (κ2) is 11.6. The zero-order valence-corrected chi connectivity index (χ0v) is 18.9. The summed E-state index contributed by atoms with van der Waals surface area (Å²) in [5.41, 5.74) is -1.08. The van der Waals surface area contributed by atoms with Crippen LogP contribution in [0.1, 0.15) is 66.7 Å². The lowest BCUT2D eigenvalue weighted by molar-refractivity contribution is -0.159. The summed E-state index contributed by atoms with van der Waals surface area (Å²) in [6.45, 7) is 10.9. The Bertz CT molecular complexity index is 691. The van der Waals surface area contributed by atoms with Gasteiger partial charge < -0.3 is 4.74 Å². The molecule has 5 nitrogen and oxygen atoms in total. The van der Waals surface area contributed by atoms with E-state index in [0.717, 1.165) is 44.1 Å². The first kappa shape index (κ1) is 24.7. The average molecular weight is 415 g/mol. The third kappa shape index (κ3) is 7.22. The van der Waals surface area contributed by atoms with Crippen molar-refractivity contribution in [3.8, 4) is 0 Å². The van der Waals surface area contributed by atoms with Gasteiger partial charge in [-0.05, 0) is 38.0 Å². The fourth-order valence-electron chi connectivity index (χ4n) is 3.09. The van der Waals surface area contributed by atoms with Gasteiger partial charge in [0.2, 0.25) is 5.82 Å². The summed E-state index contributed by atoms with van der Waals surface area (Å²) in [5.74, 6) is 0.590. The molecular formula is C21H35FN2O3S. The molecule has 0 N–H and O–H groups in total. The maximum atomic E-state index is 13.1. The summed E-state index contributed by atoms with van der Waals surface area (Å²) in [6, 6.07) is 0. The Kier molecular flexibility index (Phi) is 10.2. The lowest BCUT2D eigenvalue weighted by Gasteiger charge is -2.32. The van der Waals surface area contributed by atoms with E-state index in [0.29, 0.717) is 17.7 Å². The molecule has 1 heterocycles. The van der Waals surface area contributed by atoms with Crippen LogP contribution in [-0.4, -0.2) is 27.9 Å². The Morgan fingerprint density at radius 3 is 2.50 bits per heavy atom. The first-order valence-corrected chi connectivity index (χ1v) is 11.1. The zero-order chi connectivity index (χ0) is 21.3. The Balaban J connectivity index is 2.25. The van der Waals surface area contributed by atoms with Crippen LogP contribution in [0.2, 0.25) is 0 Å². The number of halogens is 1. The molecule has 1 aromatic heterocycles. The Labute approximate surface area is 172 Å². The van der Waals surface area contributed by atoms with Crippen LogP contribution < -0.4 is 5.56 Å². The number of thioether (sulfide) groups is 1. The standard InChI is InChI=1S/C21H35FN2O3S/c1-15(2)13-21(5,16(3)4)19(26)27-11-9-7-8-10-12-28-20-23-14-17(22)18(25)24(20)6/h14-16H,7-13H2,1-6H3. The molecule has 1 aromatic rings. The molecule has 0 aliphatic heterocycles. The van der Waals surface area contributed by atoms with Crippen molar-refractivity contribution in [2.75, 3.05) is 12.4 Å². The van der Waals surface area contributed by atoms with E-state index in [1.165, 1.54) is 23.4 Å². The predicted octanol–water partition coefficient (Wildman–Crippen LogP) is 4.82. The third-order valence-electron chi connectivity index (χ3n) is 5.16. The van der Waals surface area contributed by atoms with E-state index < -0.39 is 16.8 Å². The number of carbonyl (C=O) groups excluding carboxylic acids is 1. The molecule has 1 rings (SSSR count). The van der Waals surface area contributed by atoms with Crippen molar-refractivity contribution in [3.63, 3.8) is 0 Å². The van der Waals surface area contributed by atoms with Gasteiger partial charge in [0.05, 0.1) is 18.2 Å².